The summed E-state index contributed by atoms with van der Waals surface area (Å²) in [5.41, 5.74) is 0.335. The van der Waals surface area contributed by atoms with Gasteiger partial charge < -0.3 is 14.0 Å². The third kappa shape index (κ3) is 6.19. The maximum Gasteiger partial charge on any atom is 0.283 e. The molecule has 0 unspecified atom stereocenters. The quantitative estimate of drug-likeness (QED) is 0.658. The number of nitrogens with zero attached hydrogens (tertiary/aromatic N) is 3. The monoisotopic (exact) mass is 465 g/mol. The lowest BCUT2D eigenvalue weighted by Crippen LogP contribution is -2.46. The third-order valence-electron chi connectivity index (χ3n) is 5.20. The Labute approximate surface area is 193 Å². The highest BCUT2D eigenvalue weighted by atomic mass is 35.5. The van der Waals surface area contributed by atoms with Gasteiger partial charge >= 0.3 is 0 Å². The Morgan fingerprint density at radius 1 is 1.26 bits per heavy atom. The summed E-state index contributed by atoms with van der Waals surface area (Å²) >= 11 is 7.66. The summed E-state index contributed by atoms with van der Waals surface area (Å²) < 4.78 is 13.3. The van der Waals surface area contributed by atoms with Crippen molar-refractivity contribution in [1.29, 1.82) is 0 Å². The van der Waals surface area contributed by atoms with Gasteiger partial charge in [0.25, 0.3) is 5.91 Å². The minimum absolute atomic E-state index is 0.0288. The van der Waals surface area contributed by atoms with E-state index in [1.165, 1.54) is 12.0 Å². The normalized spacial score (nSPS) is 20.8. The zero-order valence-corrected chi connectivity index (χ0v) is 20.7. The van der Waals surface area contributed by atoms with Crippen molar-refractivity contribution in [2.24, 2.45) is 4.99 Å². The van der Waals surface area contributed by atoms with Crippen molar-refractivity contribution in [3.05, 3.63) is 44.7 Å². The molecule has 31 heavy (non-hydrogen) atoms. The van der Waals surface area contributed by atoms with Crippen molar-refractivity contribution >= 4 is 28.8 Å². The second-order valence-corrected chi connectivity index (χ2v) is 10.5. The standard InChI is InChI=1S/C23H32ClN3O3S/c1-15-12-26(13-16(2)30-15)9-10-27-14-20(23(3,4)5)31-22(27)25-21(28)18-11-17(24)7-8-19(18)29-6/h7-8,11,14-16H,9-10,12-13H2,1-6H3/t15-,16+. The molecule has 0 spiro atoms. The van der Waals surface area contributed by atoms with E-state index < -0.39 is 0 Å². The first-order valence-corrected chi connectivity index (χ1v) is 11.8. The Balaban J connectivity index is 1.91. The number of morpholine rings is 1. The Morgan fingerprint density at radius 3 is 2.55 bits per heavy atom. The summed E-state index contributed by atoms with van der Waals surface area (Å²) in [4.78, 5) is 21.8. The van der Waals surface area contributed by atoms with Crippen LogP contribution in [0.4, 0.5) is 0 Å². The lowest BCUT2D eigenvalue weighted by molar-refractivity contribution is -0.0685. The highest BCUT2D eigenvalue weighted by Crippen LogP contribution is 2.26. The fraction of sp³-hybridized carbons (Fsp3) is 0.565. The molecule has 2 heterocycles. The number of hydrogen-bond acceptors (Lipinski definition) is 5. The number of ether oxygens (including phenoxy) is 2. The minimum Gasteiger partial charge on any atom is -0.496 e. The number of hydrogen-bond donors (Lipinski definition) is 0. The van der Waals surface area contributed by atoms with E-state index >= 15 is 0 Å². The SMILES string of the molecule is COc1ccc(Cl)cc1C(=O)N=c1sc(C(C)(C)C)cn1CCN1C[C@@H](C)O[C@@H](C)C1. The molecule has 1 aliphatic rings. The highest BCUT2D eigenvalue weighted by molar-refractivity contribution is 7.09. The largest absolute Gasteiger partial charge is 0.496 e. The number of rotatable bonds is 5. The van der Waals surface area contributed by atoms with Crippen LogP contribution in [-0.2, 0) is 16.7 Å². The van der Waals surface area contributed by atoms with Crippen molar-refractivity contribution in [3.8, 4) is 5.75 Å². The molecule has 1 aromatic carbocycles. The third-order valence-corrected chi connectivity index (χ3v) is 6.88. The van der Waals surface area contributed by atoms with Crippen molar-refractivity contribution in [1.82, 2.24) is 9.47 Å². The molecule has 0 N–H and O–H groups in total. The fourth-order valence-electron chi connectivity index (χ4n) is 3.68. The summed E-state index contributed by atoms with van der Waals surface area (Å²) in [5.74, 6) is 0.109. The predicted molar refractivity (Wildman–Crippen MR) is 125 cm³/mol. The molecule has 1 saturated heterocycles. The highest BCUT2D eigenvalue weighted by Gasteiger charge is 2.23. The van der Waals surface area contributed by atoms with Crippen LogP contribution in [0.3, 0.4) is 0 Å². The van der Waals surface area contributed by atoms with E-state index in [1.54, 1.807) is 29.5 Å². The Bertz CT molecular complexity index is 983. The van der Waals surface area contributed by atoms with Gasteiger partial charge in [0.15, 0.2) is 4.80 Å². The molecule has 0 bridgehead atoms. The first-order valence-electron chi connectivity index (χ1n) is 10.6. The number of amides is 1. The topological polar surface area (TPSA) is 56.1 Å². The maximum atomic E-state index is 13.0. The van der Waals surface area contributed by atoms with Gasteiger partial charge in [0, 0.05) is 42.3 Å². The van der Waals surface area contributed by atoms with E-state index in [9.17, 15) is 4.79 Å². The van der Waals surface area contributed by atoms with Crippen LogP contribution in [0.15, 0.2) is 29.4 Å². The van der Waals surface area contributed by atoms with Gasteiger partial charge in [0.2, 0.25) is 0 Å². The zero-order valence-electron chi connectivity index (χ0n) is 19.1. The number of halogens is 1. The van der Waals surface area contributed by atoms with Crippen LogP contribution >= 0.6 is 22.9 Å². The molecule has 0 aliphatic carbocycles. The molecule has 6 nitrogen and oxygen atoms in total. The van der Waals surface area contributed by atoms with Crippen molar-refractivity contribution in [3.63, 3.8) is 0 Å². The molecule has 170 valence electrons. The second kappa shape index (κ2) is 9.86. The number of thiazole rings is 1. The van der Waals surface area contributed by atoms with Gasteiger partial charge in [-0.15, -0.1) is 11.3 Å². The molecule has 1 aliphatic heterocycles. The average Bonchev–Trinajstić information content (AvgIpc) is 3.08. The molecule has 0 radical (unpaired) electrons. The smallest absolute Gasteiger partial charge is 0.283 e. The number of benzene rings is 1. The number of carbonyl (C=O) groups excluding carboxylic acids is 1. The summed E-state index contributed by atoms with van der Waals surface area (Å²) in [7, 11) is 1.54. The molecule has 2 atom stereocenters. The minimum atomic E-state index is -0.357. The second-order valence-electron chi connectivity index (χ2n) is 9.10. The molecule has 8 heteroatoms. The first kappa shape index (κ1) is 24.0. The van der Waals surface area contributed by atoms with Gasteiger partial charge in [-0.3, -0.25) is 9.69 Å². The van der Waals surface area contributed by atoms with Crippen molar-refractivity contribution in [2.75, 3.05) is 26.7 Å². The van der Waals surface area contributed by atoms with E-state index in [-0.39, 0.29) is 23.5 Å². The summed E-state index contributed by atoms with van der Waals surface area (Å²) in [5, 5.41) is 0.476. The average molecular weight is 466 g/mol. The van der Waals surface area contributed by atoms with E-state index in [0.29, 0.717) is 21.1 Å². The fourth-order valence-corrected chi connectivity index (χ4v) is 4.93. The van der Waals surface area contributed by atoms with Crippen LogP contribution in [0.5, 0.6) is 5.75 Å². The zero-order chi connectivity index (χ0) is 22.8. The van der Waals surface area contributed by atoms with Crippen molar-refractivity contribution < 1.29 is 14.3 Å². The lowest BCUT2D eigenvalue weighted by Gasteiger charge is -2.35. The lowest BCUT2D eigenvalue weighted by atomic mass is 9.95. The molecule has 0 saturated carbocycles. The van der Waals surface area contributed by atoms with Crippen LogP contribution in [0.25, 0.3) is 0 Å². The molecular formula is C23H32ClN3O3S. The van der Waals surface area contributed by atoms with Gasteiger partial charge in [-0.05, 0) is 37.5 Å². The molecule has 1 aromatic heterocycles. The van der Waals surface area contributed by atoms with Gasteiger partial charge in [-0.2, -0.15) is 4.99 Å². The van der Waals surface area contributed by atoms with E-state index in [2.05, 4.69) is 55.3 Å². The summed E-state index contributed by atoms with van der Waals surface area (Å²) in [6.45, 7) is 14.2. The van der Waals surface area contributed by atoms with Crippen LogP contribution in [0, 0.1) is 0 Å². The van der Waals surface area contributed by atoms with Gasteiger partial charge in [-0.25, -0.2) is 0 Å². The summed E-state index contributed by atoms with van der Waals surface area (Å²) in [6.07, 6.45) is 2.57. The Morgan fingerprint density at radius 2 is 1.94 bits per heavy atom. The van der Waals surface area contributed by atoms with E-state index in [1.807, 2.05) is 0 Å². The van der Waals surface area contributed by atoms with Gasteiger partial charge in [0.05, 0.1) is 24.9 Å². The Kier molecular flexibility index (Phi) is 7.63. The molecular weight excluding hydrogens is 434 g/mol. The number of aromatic nitrogens is 1. The van der Waals surface area contributed by atoms with Crippen LogP contribution in [0.1, 0.15) is 49.9 Å². The van der Waals surface area contributed by atoms with Crippen molar-refractivity contribution in [2.45, 2.75) is 58.8 Å². The molecule has 2 aromatic rings. The predicted octanol–water partition coefficient (Wildman–Crippen LogP) is 4.36. The van der Waals surface area contributed by atoms with Crippen LogP contribution in [-0.4, -0.2) is 54.3 Å². The van der Waals surface area contributed by atoms with Crippen LogP contribution < -0.4 is 9.54 Å². The van der Waals surface area contributed by atoms with Gasteiger partial charge in [0.1, 0.15) is 5.75 Å². The van der Waals surface area contributed by atoms with Crippen LogP contribution in [0.2, 0.25) is 5.02 Å². The van der Waals surface area contributed by atoms with E-state index in [0.717, 1.165) is 26.2 Å². The maximum absolute atomic E-state index is 13.0. The molecule has 3 rings (SSSR count). The number of methoxy groups -OCH3 is 1. The Hall–Kier alpha value is -1.67. The summed E-state index contributed by atoms with van der Waals surface area (Å²) in [6, 6.07) is 4.99. The van der Waals surface area contributed by atoms with Gasteiger partial charge in [-0.1, -0.05) is 32.4 Å². The molecule has 1 amide bonds. The molecule has 1 fully saturated rings. The number of carbonyl (C=O) groups is 1. The van der Waals surface area contributed by atoms with E-state index in [4.69, 9.17) is 21.1 Å². The first-order chi connectivity index (χ1) is 14.6.